The van der Waals surface area contributed by atoms with E-state index in [1.165, 1.54) is 19.3 Å². The van der Waals surface area contributed by atoms with Crippen molar-refractivity contribution in [3.05, 3.63) is 0 Å². The summed E-state index contributed by atoms with van der Waals surface area (Å²) < 4.78 is 6.17. The number of hydrogen-bond acceptors (Lipinski definition) is 1. The summed E-state index contributed by atoms with van der Waals surface area (Å²) in [6, 6.07) is 0. The molecular formula is C15H29BrO. The van der Waals surface area contributed by atoms with Crippen LogP contribution in [0.3, 0.4) is 0 Å². The van der Waals surface area contributed by atoms with Crippen molar-refractivity contribution in [1.29, 1.82) is 0 Å². The van der Waals surface area contributed by atoms with E-state index in [1.54, 1.807) is 0 Å². The van der Waals surface area contributed by atoms with E-state index in [0.717, 1.165) is 23.8 Å². The van der Waals surface area contributed by atoms with E-state index < -0.39 is 0 Å². The Morgan fingerprint density at radius 3 is 2.06 bits per heavy atom. The normalized spacial score (nSPS) is 32.5. The summed E-state index contributed by atoms with van der Waals surface area (Å²) in [6.45, 7) is 12.5. The number of hydrogen-bond donors (Lipinski definition) is 0. The van der Waals surface area contributed by atoms with E-state index in [1.807, 2.05) is 0 Å². The Hall–Kier alpha value is 0.440. The van der Waals surface area contributed by atoms with Crippen LogP contribution in [-0.4, -0.2) is 18.0 Å². The molecule has 3 unspecified atom stereocenters. The third-order valence-corrected chi connectivity index (χ3v) is 4.86. The van der Waals surface area contributed by atoms with Crippen LogP contribution in [0.5, 0.6) is 0 Å². The van der Waals surface area contributed by atoms with Gasteiger partial charge in [-0.3, -0.25) is 0 Å². The first-order valence-electron chi connectivity index (χ1n) is 7.00. The topological polar surface area (TPSA) is 9.23 Å². The fourth-order valence-electron chi connectivity index (χ4n) is 2.79. The van der Waals surface area contributed by atoms with Crippen molar-refractivity contribution in [1.82, 2.24) is 0 Å². The fourth-order valence-corrected chi connectivity index (χ4v) is 3.95. The van der Waals surface area contributed by atoms with Crippen molar-refractivity contribution in [3.63, 3.8) is 0 Å². The Labute approximate surface area is 116 Å². The first-order valence-corrected chi connectivity index (χ1v) is 8.12. The van der Waals surface area contributed by atoms with Crippen LogP contribution in [0.2, 0.25) is 0 Å². The molecule has 0 saturated heterocycles. The summed E-state index contributed by atoms with van der Waals surface area (Å²) in [5.74, 6) is 2.27. The third-order valence-electron chi connectivity index (χ3n) is 4.08. The summed E-state index contributed by atoms with van der Waals surface area (Å²) in [7, 11) is 0. The van der Waals surface area contributed by atoms with Gasteiger partial charge >= 0.3 is 0 Å². The van der Waals surface area contributed by atoms with Gasteiger partial charge in [-0.1, -0.05) is 50.5 Å². The van der Waals surface area contributed by atoms with Crippen molar-refractivity contribution in [3.8, 4) is 0 Å². The van der Waals surface area contributed by atoms with Gasteiger partial charge in [-0.15, -0.1) is 0 Å². The Morgan fingerprint density at radius 2 is 1.65 bits per heavy atom. The van der Waals surface area contributed by atoms with Crippen LogP contribution in [0.15, 0.2) is 0 Å². The lowest BCUT2D eigenvalue weighted by atomic mass is 9.81. The van der Waals surface area contributed by atoms with Gasteiger partial charge in [-0.25, -0.2) is 0 Å². The van der Waals surface area contributed by atoms with Crippen LogP contribution in [0.25, 0.3) is 0 Å². The minimum Gasteiger partial charge on any atom is -0.378 e. The molecule has 102 valence electrons. The lowest BCUT2D eigenvalue weighted by Crippen LogP contribution is -2.32. The molecule has 0 N–H and O–H groups in total. The molecule has 0 aromatic heterocycles. The second-order valence-electron chi connectivity index (χ2n) is 7.09. The summed E-state index contributed by atoms with van der Waals surface area (Å²) in [4.78, 5) is 0. The summed E-state index contributed by atoms with van der Waals surface area (Å²) in [5.41, 5.74) is 0.329. The summed E-state index contributed by atoms with van der Waals surface area (Å²) >= 11 is 3.62. The lowest BCUT2D eigenvalue weighted by molar-refractivity contribution is -0.0281. The first kappa shape index (κ1) is 15.5. The highest BCUT2D eigenvalue weighted by Crippen LogP contribution is 2.33. The van der Waals surface area contributed by atoms with Crippen LogP contribution in [0, 0.1) is 23.2 Å². The zero-order chi connectivity index (χ0) is 13.1. The Morgan fingerprint density at radius 1 is 1.12 bits per heavy atom. The van der Waals surface area contributed by atoms with Gasteiger partial charge in [0, 0.05) is 5.33 Å². The average molecular weight is 305 g/mol. The fraction of sp³-hybridized carbons (Fsp3) is 1.00. The van der Waals surface area contributed by atoms with Crippen LogP contribution < -0.4 is 0 Å². The third kappa shape index (κ3) is 5.30. The van der Waals surface area contributed by atoms with E-state index in [4.69, 9.17) is 4.74 Å². The number of halogens is 1. The molecule has 1 saturated carbocycles. The van der Waals surface area contributed by atoms with E-state index in [9.17, 15) is 0 Å². The largest absolute Gasteiger partial charge is 0.378 e. The number of alkyl halides is 1. The number of rotatable bonds is 4. The quantitative estimate of drug-likeness (QED) is 0.672. The van der Waals surface area contributed by atoms with Crippen molar-refractivity contribution in [2.75, 3.05) is 11.9 Å². The summed E-state index contributed by atoms with van der Waals surface area (Å²) in [6.07, 6.45) is 4.38. The second kappa shape index (κ2) is 6.56. The highest BCUT2D eigenvalue weighted by Gasteiger charge is 2.28. The molecule has 1 aliphatic carbocycles. The van der Waals surface area contributed by atoms with Gasteiger partial charge in [0.1, 0.15) is 0 Å². The van der Waals surface area contributed by atoms with Gasteiger partial charge in [-0.2, -0.15) is 0 Å². The SMILES string of the molecule is CC1CC(C)CC(OCC(CBr)C(C)(C)C)C1. The second-order valence-corrected chi connectivity index (χ2v) is 7.74. The molecule has 0 spiro atoms. The molecule has 2 heteroatoms. The van der Waals surface area contributed by atoms with E-state index in [0.29, 0.717) is 17.4 Å². The maximum atomic E-state index is 6.17. The first-order chi connectivity index (χ1) is 7.82. The molecular weight excluding hydrogens is 276 g/mol. The minimum absolute atomic E-state index is 0.329. The maximum Gasteiger partial charge on any atom is 0.0580 e. The standard InChI is InChI=1S/C15H29BrO/c1-11-6-12(2)8-14(7-11)17-10-13(9-16)15(3,4)5/h11-14H,6-10H2,1-5H3. The predicted octanol–water partition coefficient (Wildman–Crippen LogP) is 4.88. The van der Waals surface area contributed by atoms with Crippen molar-refractivity contribution in [2.24, 2.45) is 23.2 Å². The molecule has 0 amide bonds. The van der Waals surface area contributed by atoms with Gasteiger partial charge in [0.15, 0.2) is 0 Å². The molecule has 0 aromatic carbocycles. The molecule has 0 radical (unpaired) electrons. The lowest BCUT2D eigenvalue weighted by Gasteiger charge is -2.35. The molecule has 1 nitrogen and oxygen atoms in total. The van der Waals surface area contributed by atoms with Gasteiger partial charge in [-0.05, 0) is 42.4 Å². The van der Waals surface area contributed by atoms with Crippen LogP contribution in [-0.2, 0) is 4.74 Å². The highest BCUT2D eigenvalue weighted by atomic mass is 79.9. The molecule has 1 aliphatic rings. The minimum atomic E-state index is 0.329. The Balaban J connectivity index is 2.39. The molecule has 1 fully saturated rings. The van der Waals surface area contributed by atoms with Gasteiger partial charge in [0.2, 0.25) is 0 Å². The van der Waals surface area contributed by atoms with Crippen molar-refractivity contribution >= 4 is 15.9 Å². The zero-order valence-electron chi connectivity index (χ0n) is 12.1. The van der Waals surface area contributed by atoms with Crippen LogP contribution in [0.4, 0.5) is 0 Å². The zero-order valence-corrected chi connectivity index (χ0v) is 13.7. The molecule has 1 rings (SSSR count). The predicted molar refractivity (Wildman–Crippen MR) is 78.7 cm³/mol. The molecule has 3 atom stereocenters. The van der Waals surface area contributed by atoms with Gasteiger partial charge in [0.05, 0.1) is 12.7 Å². The molecule has 0 aliphatic heterocycles. The smallest absolute Gasteiger partial charge is 0.0580 e. The Kier molecular flexibility index (Phi) is 5.98. The summed E-state index contributed by atoms with van der Waals surface area (Å²) in [5, 5.41) is 1.04. The molecule has 17 heavy (non-hydrogen) atoms. The van der Waals surface area contributed by atoms with E-state index >= 15 is 0 Å². The molecule has 0 bridgehead atoms. The van der Waals surface area contributed by atoms with Gasteiger partial charge in [0.25, 0.3) is 0 Å². The van der Waals surface area contributed by atoms with Crippen molar-refractivity contribution < 1.29 is 4.74 Å². The van der Waals surface area contributed by atoms with Crippen LogP contribution >= 0.6 is 15.9 Å². The molecule has 0 heterocycles. The van der Waals surface area contributed by atoms with Crippen molar-refractivity contribution in [2.45, 2.75) is 60.0 Å². The maximum absolute atomic E-state index is 6.17. The number of ether oxygens (including phenoxy) is 1. The Bertz CT molecular complexity index is 211. The monoisotopic (exact) mass is 304 g/mol. The van der Waals surface area contributed by atoms with Gasteiger partial charge < -0.3 is 4.74 Å². The highest BCUT2D eigenvalue weighted by molar-refractivity contribution is 9.09. The van der Waals surface area contributed by atoms with Crippen LogP contribution in [0.1, 0.15) is 53.9 Å². The molecule has 0 aromatic rings. The van der Waals surface area contributed by atoms with E-state index in [2.05, 4.69) is 50.5 Å². The van der Waals surface area contributed by atoms with E-state index in [-0.39, 0.29) is 0 Å². The average Bonchev–Trinajstić information content (AvgIpc) is 2.14.